The molecule has 5 heteroatoms. The molecule has 0 amide bonds. The Hall–Kier alpha value is -1.20. The van der Waals surface area contributed by atoms with Crippen molar-refractivity contribution in [2.24, 2.45) is 0 Å². The Bertz CT molecular complexity index is 411. The number of nitrogens with one attached hydrogen (secondary N) is 1. The number of halogens is 2. The van der Waals surface area contributed by atoms with E-state index in [2.05, 4.69) is 28.9 Å². The smallest absolute Gasteiger partial charge is 0.387 e. The average Bonchev–Trinajstić information content (AvgIpc) is 2.38. The number of benzene rings is 1. The van der Waals surface area contributed by atoms with Crippen LogP contribution in [-0.4, -0.2) is 37.7 Å². The summed E-state index contributed by atoms with van der Waals surface area (Å²) < 4.78 is 28.5. The van der Waals surface area contributed by atoms with Gasteiger partial charge in [0, 0.05) is 18.6 Å². The minimum atomic E-state index is -2.77. The van der Waals surface area contributed by atoms with Crippen molar-refractivity contribution in [2.45, 2.75) is 38.5 Å². The number of likely N-dealkylation sites (N-methyl/N-ethyl adjacent to an activating group) is 1. The van der Waals surface area contributed by atoms with Gasteiger partial charge in [0.25, 0.3) is 0 Å². The van der Waals surface area contributed by atoms with E-state index in [9.17, 15) is 8.78 Å². The van der Waals surface area contributed by atoms with Crippen molar-refractivity contribution in [3.63, 3.8) is 0 Å². The van der Waals surface area contributed by atoms with Crippen LogP contribution in [0.5, 0.6) is 5.75 Å². The highest BCUT2D eigenvalue weighted by Gasteiger charge is 2.19. The fourth-order valence-electron chi connectivity index (χ4n) is 2.69. The summed E-state index contributed by atoms with van der Waals surface area (Å²) in [5, 5.41) is 3.60. The predicted octanol–water partition coefficient (Wildman–Crippen LogP) is 3.03. The van der Waals surface area contributed by atoms with Crippen LogP contribution in [0, 0.1) is 0 Å². The Balaban J connectivity index is 1.90. The molecule has 0 radical (unpaired) electrons. The summed E-state index contributed by atoms with van der Waals surface area (Å²) in [6.07, 6.45) is 2.39. The number of rotatable bonds is 5. The molecule has 2 unspecified atom stereocenters. The molecule has 1 fully saturated rings. The van der Waals surface area contributed by atoms with Crippen molar-refractivity contribution in [3.05, 3.63) is 29.8 Å². The second kappa shape index (κ2) is 6.99. The zero-order valence-electron chi connectivity index (χ0n) is 12.0. The molecule has 0 saturated carbocycles. The van der Waals surface area contributed by atoms with Crippen LogP contribution < -0.4 is 10.1 Å². The SMILES string of the molecule is CC(NC1CCCN(C)C1)c1ccc(OC(F)F)cc1. The maximum absolute atomic E-state index is 12.1. The molecule has 1 N–H and O–H groups in total. The van der Waals surface area contributed by atoms with Crippen LogP contribution in [-0.2, 0) is 0 Å². The van der Waals surface area contributed by atoms with Gasteiger partial charge in [0.05, 0.1) is 0 Å². The molecule has 1 aliphatic rings. The molecule has 0 aromatic heterocycles. The fraction of sp³-hybridized carbons (Fsp3) is 0.600. The minimum absolute atomic E-state index is 0.201. The molecule has 2 atom stereocenters. The Labute approximate surface area is 118 Å². The van der Waals surface area contributed by atoms with Gasteiger partial charge in [0.2, 0.25) is 0 Å². The van der Waals surface area contributed by atoms with E-state index in [0.717, 1.165) is 18.7 Å². The number of hydrogen-bond donors (Lipinski definition) is 1. The van der Waals surface area contributed by atoms with E-state index < -0.39 is 6.61 Å². The molecule has 112 valence electrons. The summed E-state index contributed by atoms with van der Waals surface area (Å²) in [6, 6.07) is 7.54. The normalized spacial score (nSPS) is 21.9. The van der Waals surface area contributed by atoms with Crippen LogP contribution >= 0.6 is 0 Å². The molecule has 0 aliphatic carbocycles. The minimum Gasteiger partial charge on any atom is -0.435 e. The summed E-state index contributed by atoms with van der Waals surface area (Å²) in [4.78, 5) is 2.33. The summed E-state index contributed by atoms with van der Waals surface area (Å²) in [6.45, 7) is 1.54. The average molecular weight is 284 g/mol. The Morgan fingerprint density at radius 1 is 1.30 bits per heavy atom. The number of piperidine rings is 1. The van der Waals surface area contributed by atoms with Gasteiger partial charge in [-0.15, -0.1) is 0 Å². The first-order chi connectivity index (χ1) is 9.54. The zero-order chi connectivity index (χ0) is 14.5. The molecule has 1 saturated heterocycles. The van der Waals surface area contributed by atoms with Crippen LogP contribution in [0.25, 0.3) is 0 Å². The van der Waals surface area contributed by atoms with Crippen LogP contribution in [0.2, 0.25) is 0 Å². The third kappa shape index (κ3) is 4.42. The maximum Gasteiger partial charge on any atom is 0.387 e. The topological polar surface area (TPSA) is 24.5 Å². The molecule has 2 rings (SSSR count). The van der Waals surface area contributed by atoms with Crippen molar-refractivity contribution in [2.75, 3.05) is 20.1 Å². The molecule has 0 bridgehead atoms. The highest BCUT2D eigenvalue weighted by atomic mass is 19.3. The van der Waals surface area contributed by atoms with E-state index in [1.807, 2.05) is 12.1 Å². The number of ether oxygens (including phenoxy) is 1. The Kier molecular flexibility index (Phi) is 5.31. The van der Waals surface area contributed by atoms with E-state index in [1.165, 1.54) is 12.8 Å². The number of likely N-dealkylation sites (tertiary alicyclic amines) is 1. The quantitative estimate of drug-likeness (QED) is 0.899. The van der Waals surface area contributed by atoms with Gasteiger partial charge < -0.3 is 15.0 Å². The molecule has 1 aromatic rings. The molecular formula is C15H22F2N2O. The highest BCUT2D eigenvalue weighted by molar-refractivity contribution is 5.29. The van der Waals surface area contributed by atoms with Crippen molar-refractivity contribution < 1.29 is 13.5 Å². The van der Waals surface area contributed by atoms with E-state index in [1.54, 1.807) is 12.1 Å². The molecular weight excluding hydrogens is 262 g/mol. The van der Waals surface area contributed by atoms with E-state index >= 15 is 0 Å². The van der Waals surface area contributed by atoms with E-state index in [0.29, 0.717) is 6.04 Å². The standard InChI is InChI=1S/C15H22F2N2O/c1-11(18-13-4-3-9-19(2)10-13)12-5-7-14(8-6-12)20-15(16)17/h5-8,11,13,15,18H,3-4,9-10H2,1-2H3. The zero-order valence-corrected chi connectivity index (χ0v) is 12.0. The monoisotopic (exact) mass is 284 g/mol. The molecule has 20 heavy (non-hydrogen) atoms. The van der Waals surface area contributed by atoms with Crippen molar-refractivity contribution in [3.8, 4) is 5.75 Å². The Morgan fingerprint density at radius 3 is 2.60 bits per heavy atom. The third-order valence-corrected chi connectivity index (χ3v) is 3.72. The number of hydrogen-bond acceptors (Lipinski definition) is 3. The van der Waals surface area contributed by atoms with Crippen molar-refractivity contribution >= 4 is 0 Å². The van der Waals surface area contributed by atoms with Gasteiger partial charge >= 0.3 is 6.61 Å². The van der Waals surface area contributed by atoms with Gasteiger partial charge in [-0.1, -0.05) is 12.1 Å². The lowest BCUT2D eigenvalue weighted by Gasteiger charge is -2.32. The van der Waals surface area contributed by atoms with E-state index in [4.69, 9.17) is 0 Å². The predicted molar refractivity (Wildman–Crippen MR) is 75.1 cm³/mol. The van der Waals surface area contributed by atoms with Gasteiger partial charge in [-0.25, -0.2) is 0 Å². The lowest BCUT2D eigenvalue weighted by molar-refractivity contribution is -0.0498. The van der Waals surface area contributed by atoms with Crippen LogP contribution in [0.1, 0.15) is 31.4 Å². The first-order valence-corrected chi connectivity index (χ1v) is 7.04. The molecule has 1 heterocycles. The van der Waals surface area contributed by atoms with Crippen LogP contribution in [0.3, 0.4) is 0 Å². The first kappa shape index (κ1) is 15.2. The second-order valence-corrected chi connectivity index (χ2v) is 5.44. The molecule has 1 aliphatic heterocycles. The van der Waals surface area contributed by atoms with E-state index in [-0.39, 0.29) is 11.8 Å². The van der Waals surface area contributed by atoms with Gasteiger partial charge in [0.15, 0.2) is 0 Å². The molecule has 0 spiro atoms. The van der Waals surface area contributed by atoms with Crippen molar-refractivity contribution in [1.82, 2.24) is 10.2 Å². The van der Waals surface area contributed by atoms with Crippen LogP contribution in [0.4, 0.5) is 8.78 Å². The van der Waals surface area contributed by atoms with Crippen molar-refractivity contribution in [1.29, 1.82) is 0 Å². The largest absolute Gasteiger partial charge is 0.435 e. The summed E-state index contributed by atoms with van der Waals surface area (Å²) in [7, 11) is 2.13. The van der Waals surface area contributed by atoms with Gasteiger partial charge in [-0.2, -0.15) is 8.78 Å². The fourth-order valence-corrected chi connectivity index (χ4v) is 2.69. The lowest BCUT2D eigenvalue weighted by atomic mass is 10.0. The van der Waals surface area contributed by atoms with Crippen LogP contribution in [0.15, 0.2) is 24.3 Å². The first-order valence-electron chi connectivity index (χ1n) is 7.04. The maximum atomic E-state index is 12.1. The highest BCUT2D eigenvalue weighted by Crippen LogP contribution is 2.20. The third-order valence-electron chi connectivity index (χ3n) is 3.72. The summed E-state index contributed by atoms with van der Waals surface area (Å²) in [5.74, 6) is 0.202. The second-order valence-electron chi connectivity index (χ2n) is 5.44. The van der Waals surface area contributed by atoms with Gasteiger partial charge in [-0.3, -0.25) is 0 Å². The van der Waals surface area contributed by atoms with Gasteiger partial charge in [-0.05, 0) is 51.1 Å². The summed E-state index contributed by atoms with van der Waals surface area (Å²) >= 11 is 0. The lowest BCUT2D eigenvalue weighted by Crippen LogP contribution is -2.44. The number of alkyl halides is 2. The summed E-state index contributed by atoms with van der Waals surface area (Å²) in [5.41, 5.74) is 1.08. The van der Waals surface area contributed by atoms with Gasteiger partial charge in [0.1, 0.15) is 5.75 Å². The number of nitrogens with zero attached hydrogens (tertiary/aromatic N) is 1. The molecule has 3 nitrogen and oxygen atoms in total. The molecule has 1 aromatic carbocycles. The Morgan fingerprint density at radius 2 is 2.00 bits per heavy atom.